The van der Waals surface area contributed by atoms with E-state index in [-0.39, 0.29) is 17.5 Å². The zero-order chi connectivity index (χ0) is 23.2. The number of likely N-dealkylation sites (N-methyl/N-ethyl adjacent to an activating group) is 1. The minimum absolute atomic E-state index is 0.0544. The highest BCUT2D eigenvalue weighted by atomic mass is 32.2. The second-order valence-electron chi connectivity index (χ2n) is 10.3. The van der Waals surface area contributed by atoms with Gasteiger partial charge in [-0.3, -0.25) is 0 Å². The van der Waals surface area contributed by atoms with E-state index in [9.17, 15) is 18.6 Å². The molecule has 2 fully saturated rings. The average molecular weight is 471 g/mol. The molecule has 4 aliphatic rings. The number of aryl methyl sites for hydroxylation is 1. The number of phenols is 1. The van der Waals surface area contributed by atoms with Gasteiger partial charge in [-0.2, -0.15) is 0 Å². The van der Waals surface area contributed by atoms with Crippen LogP contribution in [0.5, 0.6) is 11.5 Å². The molecule has 2 heterocycles. The van der Waals surface area contributed by atoms with Crippen LogP contribution >= 0.6 is 0 Å². The van der Waals surface area contributed by atoms with Crippen LogP contribution in [0, 0.1) is 6.92 Å². The van der Waals surface area contributed by atoms with E-state index in [2.05, 4.69) is 9.62 Å². The lowest BCUT2D eigenvalue weighted by atomic mass is 9.48. The molecule has 1 saturated carbocycles. The third-order valence-electron chi connectivity index (χ3n) is 8.67. The number of likely N-dealkylation sites (tertiary alicyclic amines) is 1. The summed E-state index contributed by atoms with van der Waals surface area (Å²) < 4.78 is 35.8. The van der Waals surface area contributed by atoms with Crippen molar-refractivity contribution >= 4 is 10.0 Å². The topological polar surface area (TPSA) is 99.1 Å². The lowest BCUT2D eigenvalue weighted by Gasteiger charge is -2.63. The second kappa shape index (κ2) is 6.95. The molecule has 33 heavy (non-hydrogen) atoms. The van der Waals surface area contributed by atoms with E-state index in [1.807, 2.05) is 44.3 Å². The van der Waals surface area contributed by atoms with Crippen LogP contribution in [0.2, 0.25) is 0 Å². The van der Waals surface area contributed by atoms with E-state index in [1.165, 1.54) is 0 Å². The van der Waals surface area contributed by atoms with E-state index in [0.29, 0.717) is 31.4 Å². The van der Waals surface area contributed by atoms with Crippen LogP contribution in [0.1, 0.15) is 41.5 Å². The summed E-state index contributed by atoms with van der Waals surface area (Å²) in [5.74, 6) is 0.373. The number of aliphatic hydroxyl groups is 1. The van der Waals surface area contributed by atoms with Gasteiger partial charge < -0.3 is 19.8 Å². The fourth-order valence-electron chi connectivity index (χ4n) is 7.12. The van der Waals surface area contributed by atoms with Gasteiger partial charge in [0.2, 0.25) is 10.0 Å². The van der Waals surface area contributed by atoms with Crippen molar-refractivity contribution in [2.45, 2.75) is 67.6 Å². The van der Waals surface area contributed by atoms with Gasteiger partial charge in [0.25, 0.3) is 0 Å². The summed E-state index contributed by atoms with van der Waals surface area (Å²) in [7, 11) is -1.60. The summed E-state index contributed by atoms with van der Waals surface area (Å²) in [6.45, 7) is 2.69. The summed E-state index contributed by atoms with van der Waals surface area (Å²) in [4.78, 5) is 2.22. The van der Waals surface area contributed by atoms with Gasteiger partial charge >= 0.3 is 0 Å². The number of nitrogens with zero attached hydrogens (tertiary/aromatic N) is 1. The first-order chi connectivity index (χ1) is 15.7. The molecule has 1 saturated heterocycles. The number of hydrogen-bond donors (Lipinski definition) is 3. The van der Waals surface area contributed by atoms with E-state index in [4.69, 9.17) is 4.74 Å². The molecule has 5 atom stereocenters. The molecule has 8 heteroatoms. The summed E-state index contributed by atoms with van der Waals surface area (Å²) in [6, 6.07) is 10.5. The van der Waals surface area contributed by atoms with E-state index in [0.717, 1.165) is 28.8 Å². The summed E-state index contributed by atoms with van der Waals surface area (Å²) in [5.41, 5.74) is 1.90. The highest BCUT2D eigenvalue weighted by Gasteiger charge is 2.72. The van der Waals surface area contributed by atoms with Crippen molar-refractivity contribution in [2.75, 3.05) is 13.6 Å². The average Bonchev–Trinajstić information content (AvgIpc) is 3.12. The van der Waals surface area contributed by atoms with Crippen molar-refractivity contribution < 1.29 is 23.4 Å². The van der Waals surface area contributed by atoms with Crippen LogP contribution in [0.3, 0.4) is 0 Å². The summed E-state index contributed by atoms with van der Waals surface area (Å²) in [5, 5.41) is 22.8. The maximum absolute atomic E-state index is 13.2. The minimum Gasteiger partial charge on any atom is -0.504 e. The number of piperidine rings is 1. The standard InChI is InChI=1S/C25H30N2O5S/c1-15-5-3-4-6-17(15)14-33(30,31)26-18-9-10-25(29)20-13-16-7-8-19(28)22-21(16)24(25,23(18)32-22)11-12-27(20)2/h3-8,18,20,23,26,28-29H,9-14H2,1-2H3/t18-,20+,23-,24-,25+/m0/s1. The molecular formula is C25H30N2O5S. The summed E-state index contributed by atoms with van der Waals surface area (Å²) in [6.07, 6.45) is 1.73. The van der Waals surface area contributed by atoms with Crippen LogP contribution in [0.25, 0.3) is 0 Å². The van der Waals surface area contributed by atoms with E-state index >= 15 is 0 Å². The number of sulfonamides is 1. The van der Waals surface area contributed by atoms with Crippen LogP contribution in [-0.4, -0.2) is 60.9 Å². The van der Waals surface area contributed by atoms with Gasteiger partial charge in [-0.15, -0.1) is 0 Å². The largest absolute Gasteiger partial charge is 0.504 e. The Morgan fingerprint density at radius 2 is 2.00 bits per heavy atom. The number of phenolic OH excluding ortho intramolecular Hbond substituents is 1. The maximum Gasteiger partial charge on any atom is 0.216 e. The molecule has 3 N–H and O–H groups in total. The van der Waals surface area contributed by atoms with Crippen molar-refractivity contribution in [2.24, 2.45) is 0 Å². The van der Waals surface area contributed by atoms with Crippen LogP contribution < -0.4 is 9.46 Å². The number of aromatic hydroxyl groups is 1. The summed E-state index contributed by atoms with van der Waals surface area (Å²) >= 11 is 0. The molecule has 7 nitrogen and oxygen atoms in total. The lowest BCUT2D eigenvalue weighted by molar-refractivity contribution is -0.185. The Morgan fingerprint density at radius 1 is 1.21 bits per heavy atom. The smallest absolute Gasteiger partial charge is 0.216 e. The molecule has 2 aliphatic heterocycles. The number of ether oxygens (including phenoxy) is 1. The van der Waals surface area contributed by atoms with Gasteiger partial charge in [0.05, 0.1) is 22.8 Å². The highest BCUT2D eigenvalue weighted by Crippen LogP contribution is 2.65. The Hall–Kier alpha value is -2.13. The van der Waals surface area contributed by atoms with Crippen LogP contribution in [-0.2, 0) is 27.6 Å². The van der Waals surface area contributed by atoms with Crippen molar-refractivity contribution in [1.82, 2.24) is 9.62 Å². The van der Waals surface area contributed by atoms with Gasteiger partial charge in [0, 0.05) is 11.6 Å². The van der Waals surface area contributed by atoms with E-state index < -0.39 is 33.2 Å². The predicted molar refractivity (Wildman–Crippen MR) is 124 cm³/mol. The molecule has 0 radical (unpaired) electrons. The molecule has 0 amide bonds. The Bertz CT molecular complexity index is 1250. The molecule has 1 spiro atoms. The number of hydrogen-bond acceptors (Lipinski definition) is 6. The van der Waals surface area contributed by atoms with Crippen molar-refractivity contribution in [3.63, 3.8) is 0 Å². The fraction of sp³-hybridized carbons (Fsp3) is 0.520. The molecule has 2 aromatic carbocycles. The highest BCUT2D eigenvalue weighted by molar-refractivity contribution is 7.88. The normalized spacial score (nSPS) is 34.6. The Morgan fingerprint density at radius 3 is 2.79 bits per heavy atom. The van der Waals surface area contributed by atoms with Crippen molar-refractivity contribution in [1.29, 1.82) is 0 Å². The number of rotatable bonds is 4. The van der Waals surface area contributed by atoms with Crippen molar-refractivity contribution in [3.8, 4) is 11.5 Å². The predicted octanol–water partition coefficient (Wildman–Crippen LogP) is 1.97. The molecule has 2 bridgehead atoms. The van der Waals surface area contributed by atoms with Gasteiger partial charge in [0.15, 0.2) is 11.5 Å². The molecule has 2 aromatic rings. The Labute approximate surface area is 194 Å². The quantitative estimate of drug-likeness (QED) is 0.632. The first-order valence-corrected chi connectivity index (χ1v) is 13.3. The zero-order valence-corrected chi connectivity index (χ0v) is 19.7. The zero-order valence-electron chi connectivity index (χ0n) is 18.9. The molecule has 6 rings (SSSR count). The molecular weight excluding hydrogens is 440 g/mol. The molecule has 176 valence electrons. The second-order valence-corrected chi connectivity index (χ2v) is 12.0. The van der Waals surface area contributed by atoms with Gasteiger partial charge in [0.1, 0.15) is 6.10 Å². The molecule has 0 unspecified atom stereocenters. The number of benzene rings is 2. The van der Waals surface area contributed by atoms with Gasteiger partial charge in [-0.1, -0.05) is 30.3 Å². The first-order valence-electron chi connectivity index (χ1n) is 11.7. The third-order valence-corrected chi connectivity index (χ3v) is 10.0. The van der Waals surface area contributed by atoms with Crippen LogP contribution in [0.15, 0.2) is 36.4 Å². The maximum atomic E-state index is 13.2. The number of nitrogens with one attached hydrogen (secondary N) is 1. The minimum atomic E-state index is -3.65. The Kier molecular flexibility index (Phi) is 4.51. The van der Waals surface area contributed by atoms with Gasteiger partial charge in [-0.25, -0.2) is 13.1 Å². The molecule has 0 aromatic heterocycles. The SMILES string of the molecule is Cc1ccccc1CS(=O)(=O)N[C@H]1CC[C@@]2(O)[C@H]3Cc4ccc(O)c5c4[C@@]2(CCN3C)[C@H]1O5. The monoisotopic (exact) mass is 470 g/mol. The fourth-order valence-corrected chi connectivity index (χ4v) is 8.64. The van der Waals surface area contributed by atoms with Crippen LogP contribution in [0.4, 0.5) is 0 Å². The molecule has 2 aliphatic carbocycles. The lowest BCUT2D eigenvalue weighted by Crippen LogP contribution is -2.77. The van der Waals surface area contributed by atoms with E-state index in [1.54, 1.807) is 6.07 Å². The van der Waals surface area contributed by atoms with Crippen molar-refractivity contribution in [3.05, 3.63) is 58.7 Å². The first kappa shape index (κ1) is 21.4. The van der Waals surface area contributed by atoms with Gasteiger partial charge in [-0.05, 0) is 69.0 Å². The third kappa shape index (κ3) is 2.81. The Balaban J connectivity index is 1.41.